The lowest BCUT2D eigenvalue weighted by Gasteiger charge is -2.26. The Morgan fingerprint density at radius 3 is 2.31 bits per heavy atom. The van der Waals surface area contributed by atoms with E-state index in [1.165, 1.54) is 29.6 Å². The number of hydrogen-bond donors (Lipinski definition) is 1. The highest BCUT2D eigenvalue weighted by molar-refractivity contribution is 8.00. The fraction of sp³-hybridized carbons (Fsp3) is 0.250. The van der Waals surface area contributed by atoms with Gasteiger partial charge in [0.05, 0.1) is 12.8 Å². The van der Waals surface area contributed by atoms with Crippen LogP contribution in [-0.2, 0) is 23.1 Å². The number of ether oxygens (including phenoxy) is 1. The molecule has 0 saturated heterocycles. The molecule has 1 saturated carbocycles. The van der Waals surface area contributed by atoms with Crippen LogP contribution in [0, 0.1) is 0 Å². The Hall–Kier alpha value is -3.28. The summed E-state index contributed by atoms with van der Waals surface area (Å²) >= 11 is 1.47. The van der Waals surface area contributed by atoms with E-state index in [0.29, 0.717) is 12.5 Å². The Morgan fingerprint density at radius 2 is 1.67 bits per heavy atom. The topological polar surface area (TPSA) is 71.5 Å². The van der Waals surface area contributed by atoms with Gasteiger partial charge in [-0.15, -0.1) is 13.2 Å². The number of halogens is 3. The molecule has 0 aliphatic heterocycles. The SMILES string of the molecule is CS(=O)(=O)NCc1ccc(SN(Cc2ccc(OC(F)(F)F)cc2)c2ncc3ccccc3c2C2CC2)cc1. The Bertz CT molecular complexity index is 1560. The molecule has 1 aromatic heterocycles. The predicted molar refractivity (Wildman–Crippen MR) is 147 cm³/mol. The van der Waals surface area contributed by atoms with Crippen LogP contribution in [-0.4, -0.2) is 26.0 Å². The highest BCUT2D eigenvalue weighted by Crippen LogP contribution is 2.48. The van der Waals surface area contributed by atoms with E-state index in [1.807, 2.05) is 48.7 Å². The number of hydrogen-bond acceptors (Lipinski definition) is 6. The molecule has 6 nitrogen and oxygen atoms in total. The first-order chi connectivity index (χ1) is 18.5. The highest BCUT2D eigenvalue weighted by atomic mass is 32.2. The van der Waals surface area contributed by atoms with Crippen LogP contribution in [0.15, 0.2) is 83.9 Å². The van der Waals surface area contributed by atoms with Crippen LogP contribution in [0.3, 0.4) is 0 Å². The van der Waals surface area contributed by atoms with Crippen LogP contribution in [0.4, 0.5) is 19.0 Å². The largest absolute Gasteiger partial charge is 0.573 e. The lowest BCUT2D eigenvalue weighted by molar-refractivity contribution is -0.274. The number of anilines is 1. The Morgan fingerprint density at radius 1 is 1.00 bits per heavy atom. The van der Waals surface area contributed by atoms with Gasteiger partial charge in [-0.25, -0.2) is 18.1 Å². The van der Waals surface area contributed by atoms with Gasteiger partial charge in [0.2, 0.25) is 10.0 Å². The zero-order valence-electron chi connectivity index (χ0n) is 21.0. The van der Waals surface area contributed by atoms with Gasteiger partial charge in [0, 0.05) is 28.6 Å². The maximum atomic E-state index is 12.6. The van der Waals surface area contributed by atoms with Crippen LogP contribution < -0.4 is 13.8 Å². The zero-order valence-corrected chi connectivity index (χ0v) is 22.6. The second-order valence-corrected chi connectivity index (χ2v) is 12.3. The predicted octanol–water partition coefficient (Wildman–Crippen LogP) is 6.77. The van der Waals surface area contributed by atoms with Gasteiger partial charge in [-0.1, -0.05) is 48.5 Å². The molecule has 0 unspecified atom stereocenters. The Kier molecular flexibility index (Phi) is 7.75. The van der Waals surface area contributed by atoms with E-state index in [9.17, 15) is 21.6 Å². The molecule has 39 heavy (non-hydrogen) atoms. The summed E-state index contributed by atoms with van der Waals surface area (Å²) in [7, 11) is -3.30. The number of nitrogens with zero attached hydrogens (tertiary/aromatic N) is 2. The molecule has 0 bridgehead atoms. The third-order valence-corrected chi connectivity index (χ3v) is 7.87. The van der Waals surface area contributed by atoms with Crippen LogP contribution in [0.5, 0.6) is 5.75 Å². The quantitative estimate of drug-likeness (QED) is 0.211. The van der Waals surface area contributed by atoms with Gasteiger partial charge in [-0.3, -0.25) is 4.31 Å². The van der Waals surface area contributed by atoms with Crippen molar-refractivity contribution in [1.29, 1.82) is 0 Å². The second kappa shape index (κ2) is 11.1. The average molecular weight is 574 g/mol. The molecule has 0 atom stereocenters. The summed E-state index contributed by atoms with van der Waals surface area (Å²) in [5, 5.41) is 2.20. The minimum atomic E-state index is -4.75. The van der Waals surface area contributed by atoms with Crippen molar-refractivity contribution in [3.63, 3.8) is 0 Å². The number of sulfonamides is 1. The third-order valence-electron chi connectivity index (χ3n) is 6.20. The molecule has 3 aromatic carbocycles. The molecule has 0 spiro atoms. The van der Waals surface area contributed by atoms with E-state index in [4.69, 9.17) is 4.98 Å². The van der Waals surface area contributed by atoms with E-state index < -0.39 is 16.4 Å². The van der Waals surface area contributed by atoms with Gasteiger partial charge < -0.3 is 4.74 Å². The smallest absolute Gasteiger partial charge is 0.406 e. The normalized spacial score (nSPS) is 13.9. The molecule has 0 amide bonds. The minimum Gasteiger partial charge on any atom is -0.406 e. The Balaban J connectivity index is 1.46. The fourth-order valence-electron chi connectivity index (χ4n) is 4.27. The molecule has 0 radical (unpaired) electrons. The first kappa shape index (κ1) is 27.3. The van der Waals surface area contributed by atoms with E-state index >= 15 is 0 Å². The van der Waals surface area contributed by atoms with Crippen molar-refractivity contribution in [1.82, 2.24) is 9.71 Å². The number of alkyl halides is 3. The van der Waals surface area contributed by atoms with Gasteiger partial charge in [0.25, 0.3) is 0 Å². The number of aromatic nitrogens is 1. The summed E-state index contributed by atoms with van der Waals surface area (Å²) in [6.45, 7) is 0.581. The summed E-state index contributed by atoms with van der Waals surface area (Å²) < 4.78 is 69.3. The first-order valence-electron chi connectivity index (χ1n) is 12.3. The maximum Gasteiger partial charge on any atom is 0.573 e. The van der Waals surface area contributed by atoms with E-state index in [-0.39, 0.29) is 12.3 Å². The van der Waals surface area contributed by atoms with Crippen molar-refractivity contribution in [2.24, 2.45) is 0 Å². The fourth-order valence-corrected chi connectivity index (χ4v) is 5.66. The standard InChI is InChI=1S/C28H26F3N3O3S2/c1-39(35,36)33-16-19-8-14-24(15-9-19)38-34(18-20-6-12-23(13-7-20)37-28(29,30)31)27-26(21-10-11-21)25-5-3-2-4-22(25)17-32-27/h2-9,12-15,17,21,33H,10-11,16,18H2,1H3. The first-order valence-corrected chi connectivity index (χ1v) is 14.9. The van der Waals surface area contributed by atoms with E-state index in [0.717, 1.165) is 51.7 Å². The number of pyridine rings is 1. The average Bonchev–Trinajstić information content (AvgIpc) is 3.72. The highest BCUT2D eigenvalue weighted by Gasteiger charge is 2.32. The summed E-state index contributed by atoms with van der Waals surface area (Å²) in [5.74, 6) is 0.944. The monoisotopic (exact) mass is 573 g/mol. The van der Waals surface area contributed by atoms with Gasteiger partial charge in [-0.05, 0) is 71.5 Å². The zero-order chi connectivity index (χ0) is 27.6. The van der Waals surface area contributed by atoms with Gasteiger partial charge in [0.15, 0.2) is 0 Å². The molecule has 4 aromatic rings. The molecule has 1 fully saturated rings. The molecule has 11 heteroatoms. The minimum absolute atomic E-state index is 0.192. The second-order valence-electron chi connectivity index (χ2n) is 9.41. The van der Waals surface area contributed by atoms with Crippen molar-refractivity contribution >= 4 is 38.6 Å². The number of nitrogens with one attached hydrogen (secondary N) is 1. The number of rotatable bonds is 10. The van der Waals surface area contributed by atoms with E-state index in [2.05, 4.69) is 19.8 Å². The molecular formula is C28H26F3N3O3S2. The number of fused-ring (bicyclic) bond motifs is 1. The summed E-state index contributed by atoms with van der Waals surface area (Å²) in [6.07, 6.45) is 0.370. The lowest BCUT2D eigenvalue weighted by Crippen LogP contribution is -2.21. The molecule has 204 valence electrons. The lowest BCUT2D eigenvalue weighted by atomic mass is 10.0. The van der Waals surface area contributed by atoms with Crippen LogP contribution >= 0.6 is 11.9 Å². The van der Waals surface area contributed by atoms with Gasteiger partial charge in [-0.2, -0.15) is 0 Å². The van der Waals surface area contributed by atoms with Crippen molar-refractivity contribution < 1.29 is 26.3 Å². The van der Waals surface area contributed by atoms with Gasteiger partial charge >= 0.3 is 6.36 Å². The van der Waals surface area contributed by atoms with Crippen LogP contribution in [0.1, 0.15) is 35.4 Å². The van der Waals surface area contributed by atoms with Crippen molar-refractivity contribution in [3.05, 3.63) is 95.7 Å². The van der Waals surface area contributed by atoms with Gasteiger partial charge in [0.1, 0.15) is 11.6 Å². The molecule has 1 N–H and O–H groups in total. The summed E-state index contributed by atoms with van der Waals surface area (Å²) in [4.78, 5) is 5.76. The maximum absolute atomic E-state index is 12.6. The van der Waals surface area contributed by atoms with Crippen LogP contribution in [0.2, 0.25) is 0 Å². The summed E-state index contributed by atoms with van der Waals surface area (Å²) in [5.41, 5.74) is 2.79. The van der Waals surface area contributed by atoms with E-state index in [1.54, 1.807) is 12.1 Å². The van der Waals surface area contributed by atoms with Crippen LogP contribution in [0.25, 0.3) is 10.8 Å². The molecule has 1 aliphatic carbocycles. The third kappa shape index (κ3) is 7.43. The molecule has 5 rings (SSSR count). The Labute approximate surface area is 229 Å². The summed E-state index contributed by atoms with van der Waals surface area (Å²) in [6, 6.07) is 21.5. The van der Waals surface area contributed by atoms with Crippen molar-refractivity contribution in [2.45, 2.75) is 43.1 Å². The molecule has 1 aliphatic rings. The van der Waals surface area contributed by atoms with Crippen molar-refractivity contribution in [2.75, 3.05) is 10.6 Å². The molecule has 1 heterocycles. The van der Waals surface area contributed by atoms with Crippen molar-refractivity contribution in [3.8, 4) is 5.75 Å². The number of benzene rings is 3. The molecular weight excluding hydrogens is 547 g/mol.